The summed E-state index contributed by atoms with van der Waals surface area (Å²) in [6.07, 6.45) is 1.65. The molecule has 37 heavy (non-hydrogen) atoms. The summed E-state index contributed by atoms with van der Waals surface area (Å²) in [6, 6.07) is 21.1. The van der Waals surface area contributed by atoms with Gasteiger partial charge in [0.15, 0.2) is 0 Å². The predicted octanol–water partition coefficient (Wildman–Crippen LogP) is 2.99. The van der Waals surface area contributed by atoms with Crippen LogP contribution in [0.4, 0.5) is 11.4 Å². The van der Waals surface area contributed by atoms with E-state index in [9.17, 15) is 19.2 Å². The van der Waals surface area contributed by atoms with Crippen molar-refractivity contribution in [3.05, 3.63) is 95.6 Å². The summed E-state index contributed by atoms with van der Waals surface area (Å²) >= 11 is 0. The van der Waals surface area contributed by atoms with E-state index >= 15 is 0 Å². The first kappa shape index (κ1) is 22.7. The van der Waals surface area contributed by atoms with E-state index in [-0.39, 0.29) is 11.3 Å². The Kier molecular flexibility index (Phi) is 5.33. The zero-order valence-electron chi connectivity index (χ0n) is 19.8. The summed E-state index contributed by atoms with van der Waals surface area (Å²) in [7, 11) is 1.24. The maximum Gasteiger partial charge on any atom is 0.339 e. The summed E-state index contributed by atoms with van der Waals surface area (Å²) in [5.74, 6) is -4.02. The number of rotatable bonds is 4. The highest BCUT2D eigenvalue weighted by Crippen LogP contribution is 2.53. The van der Waals surface area contributed by atoms with Crippen LogP contribution in [0.15, 0.2) is 84.0 Å². The van der Waals surface area contributed by atoms with Crippen LogP contribution in [-0.4, -0.2) is 48.1 Å². The van der Waals surface area contributed by atoms with Gasteiger partial charge in [-0.3, -0.25) is 19.4 Å². The van der Waals surface area contributed by atoms with Crippen molar-refractivity contribution in [2.24, 2.45) is 16.9 Å². The number of methoxy groups -OCH3 is 1. The molecule has 3 aliphatic heterocycles. The van der Waals surface area contributed by atoms with Gasteiger partial charge >= 0.3 is 5.97 Å². The number of imide groups is 1. The number of fused-ring (bicyclic) bond motifs is 5. The smallest absolute Gasteiger partial charge is 0.339 e. The topological polar surface area (TPSA) is 108 Å². The zero-order valence-corrected chi connectivity index (χ0v) is 19.8. The molecule has 184 valence electrons. The van der Waals surface area contributed by atoms with Gasteiger partial charge in [-0.1, -0.05) is 54.6 Å². The van der Waals surface area contributed by atoms with E-state index in [0.717, 1.165) is 16.0 Å². The second-order valence-corrected chi connectivity index (χ2v) is 9.07. The SMILES string of the molecule is COC(=O)c1ccccc1N1C(=O)[C@@H]2[C@H](C1=O)[C@H]1c3ccccc3C=NN1[C@@H]2C(=O)Nc1ccccc1. The van der Waals surface area contributed by atoms with Crippen molar-refractivity contribution >= 4 is 41.3 Å². The number of hydrogen-bond donors (Lipinski definition) is 1. The molecule has 0 radical (unpaired) electrons. The van der Waals surface area contributed by atoms with Crippen LogP contribution < -0.4 is 10.2 Å². The molecular formula is C28H22N4O5. The summed E-state index contributed by atoms with van der Waals surface area (Å²) in [5, 5.41) is 8.99. The lowest BCUT2D eigenvalue weighted by molar-refractivity contribution is -0.129. The number of anilines is 2. The van der Waals surface area contributed by atoms with Crippen molar-refractivity contribution in [1.82, 2.24) is 5.01 Å². The van der Waals surface area contributed by atoms with E-state index in [0.29, 0.717) is 5.69 Å². The second-order valence-electron chi connectivity index (χ2n) is 9.07. The molecule has 3 aliphatic rings. The maximum atomic E-state index is 14.0. The van der Waals surface area contributed by atoms with Crippen LogP contribution in [0.5, 0.6) is 0 Å². The van der Waals surface area contributed by atoms with Gasteiger partial charge in [0.25, 0.3) is 0 Å². The first-order valence-corrected chi connectivity index (χ1v) is 11.8. The molecule has 3 aromatic rings. The Bertz CT molecular complexity index is 1470. The second kappa shape index (κ2) is 8.70. The fourth-order valence-corrected chi connectivity index (χ4v) is 5.59. The maximum absolute atomic E-state index is 14.0. The molecule has 0 spiro atoms. The van der Waals surface area contributed by atoms with Crippen LogP contribution in [0.1, 0.15) is 27.5 Å². The number of hydrogen-bond acceptors (Lipinski definition) is 7. The lowest BCUT2D eigenvalue weighted by Gasteiger charge is -2.33. The van der Waals surface area contributed by atoms with E-state index in [2.05, 4.69) is 10.4 Å². The number of nitrogens with zero attached hydrogens (tertiary/aromatic N) is 3. The average Bonchev–Trinajstić information content (AvgIpc) is 3.41. The Labute approximate surface area is 212 Å². The Morgan fingerprint density at radius 1 is 0.865 bits per heavy atom. The van der Waals surface area contributed by atoms with E-state index in [1.807, 2.05) is 30.3 Å². The van der Waals surface area contributed by atoms with E-state index in [1.165, 1.54) is 19.2 Å². The molecule has 0 aliphatic carbocycles. The number of carbonyl (C=O) groups is 4. The van der Waals surface area contributed by atoms with Gasteiger partial charge in [0.1, 0.15) is 6.04 Å². The number of ether oxygens (including phenoxy) is 1. The number of esters is 1. The van der Waals surface area contributed by atoms with Gasteiger partial charge in [0, 0.05) is 5.69 Å². The largest absolute Gasteiger partial charge is 0.465 e. The molecule has 4 atom stereocenters. The van der Waals surface area contributed by atoms with Crippen LogP contribution in [0, 0.1) is 11.8 Å². The van der Waals surface area contributed by atoms with Gasteiger partial charge in [-0.2, -0.15) is 5.10 Å². The summed E-state index contributed by atoms with van der Waals surface area (Å²) in [4.78, 5) is 55.1. The molecule has 3 aromatic carbocycles. The van der Waals surface area contributed by atoms with Crippen molar-refractivity contribution in [2.45, 2.75) is 12.1 Å². The molecule has 6 rings (SSSR count). The predicted molar refractivity (Wildman–Crippen MR) is 135 cm³/mol. The molecule has 0 saturated carbocycles. The molecule has 2 fully saturated rings. The molecular weight excluding hydrogens is 472 g/mol. The van der Waals surface area contributed by atoms with Gasteiger partial charge in [0.05, 0.1) is 42.5 Å². The first-order valence-electron chi connectivity index (χ1n) is 11.8. The average molecular weight is 495 g/mol. The molecule has 0 unspecified atom stereocenters. The molecule has 3 heterocycles. The van der Waals surface area contributed by atoms with Crippen LogP contribution in [-0.2, 0) is 19.1 Å². The molecule has 9 nitrogen and oxygen atoms in total. The third-order valence-corrected chi connectivity index (χ3v) is 7.15. The van der Waals surface area contributed by atoms with Gasteiger partial charge in [0.2, 0.25) is 17.7 Å². The first-order chi connectivity index (χ1) is 18.0. The van der Waals surface area contributed by atoms with Crippen LogP contribution in [0.2, 0.25) is 0 Å². The Hall–Kier alpha value is -4.79. The molecule has 0 aromatic heterocycles. The Morgan fingerprint density at radius 2 is 1.54 bits per heavy atom. The lowest BCUT2D eigenvalue weighted by Crippen LogP contribution is -2.46. The normalized spacial score (nSPS) is 23.4. The Morgan fingerprint density at radius 3 is 2.32 bits per heavy atom. The van der Waals surface area contributed by atoms with Crippen molar-refractivity contribution in [1.29, 1.82) is 0 Å². The zero-order chi connectivity index (χ0) is 25.7. The molecule has 9 heteroatoms. The monoisotopic (exact) mass is 494 g/mol. The summed E-state index contributed by atoms with van der Waals surface area (Å²) in [6.45, 7) is 0. The van der Waals surface area contributed by atoms with Crippen molar-refractivity contribution in [2.75, 3.05) is 17.3 Å². The molecule has 2 saturated heterocycles. The highest BCUT2D eigenvalue weighted by atomic mass is 16.5. The number of hydrazone groups is 1. The number of para-hydroxylation sites is 2. The van der Waals surface area contributed by atoms with Gasteiger partial charge < -0.3 is 10.1 Å². The number of benzene rings is 3. The highest BCUT2D eigenvalue weighted by molar-refractivity contribution is 6.26. The summed E-state index contributed by atoms with van der Waals surface area (Å²) in [5.41, 5.74) is 2.43. The van der Waals surface area contributed by atoms with Crippen molar-refractivity contribution in [3.63, 3.8) is 0 Å². The van der Waals surface area contributed by atoms with Gasteiger partial charge in [-0.15, -0.1) is 0 Å². The fraction of sp³-hybridized carbons (Fsp3) is 0.179. The standard InChI is InChI=1S/C28H22N4O5/c1-37-28(36)19-13-7-8-14-20(19)31-26(34)21-22(27(31)35)24(25(33)30-17-10-3-2-4-11-17)32-23(21)18-12-6-5-9-16(18)15-29-32/h2-15,21-24H,1H3,(H,30,33)/t21-,22+,23+,24-/m0/s1. The van der Waals surface area contributed by atoms with E-state index in [4.69, 9.17) is 4.74 Å². The third-order valence-electron chi connectivity index (χ3n) is 7.15. The minimum atomic E-state index is -1.04. The van der Waals surface area contributed by atoms with Gasteiger partial charge in [-0.25, -0.2) is 9.69 Å². The number of nitrogens with one attached hydrogen (secondary N) is 1. The van der Waals surface area contributed by atoms with Gasteiger partial charge in [-0.05, 0) is 35.4 Å². The molecule has 3 amide bonds. The van der Waals surface area contributed by atoms with Crippen molar-refractivity contribution < 1.29 is 23.9 Å². The van der Waals surface area contributed by atoms with Crippen LogP contribution >= 0.6 is 0 Å². The Balaban J connectivity index is 1.46. The molecule has 1 N–H and O–H groups in total. The minimum absolute atomic E-state index is 0.0934. The highest BCUT2D eigenvalue weighted by Gasteiger charge is 2.65. The van der Waals surface area contributed by atoms with E-state index in [1.54, 1.807) is 47.6 Å². The van der Waals surface area contributed by atoms with Crippen LogP contribution in [0.25, 0.3) is 0 Å². The van der Waals surface area contributed by atoms with Crippen LogP contribution in [0.3, 0.4) is 0 Å². The number of carbonyl (C=O) groups excluding carboxylic acids is 4. The fourth-order valence-electron chi connectivity index (χ4n) is 5.59. The van der Waals surface area contributed by atoms with E-state index < -0.39 is 47.6 Å². The summed E-state index contributed by atoms with van der Waals surface area (Å²) < 4.78 is 4.88. The number of amides is 3. The third kappa shape index (κ3) is 3.42. The molecule has 0 bridgehead atoms. The lowest BCUT2D eigenvalue weighted by atomic mass is 9.85. The minimum Gasteiger partial charge on any atom is -0.465 e. The quantitative estimate of drug-likeness (QED) is 0.441. The van der Waals surface area contributed by atoms with Crippen molar-refractivity contribution in [3.8, 4) is 0 Å².